The molecule has 1 aliphatic carbocycles. The van der Waals surface area contributed by atoms with Crippen molar-refractivity contribution in [3.8, 4) is 0 Å². The van der Waals surface area contributed by atoms with E-state index in [1.54, 1.807) is 4.90 Å². The number of nitrogens with one attached hydrogen (secondary N) is 1. The molecule has 1 N–H and O–H groups in total. The van der Waals surface area contributed by atoms with E-state index in [0.717, 1.165) is 12.5 Å². The molecule has 0 bridgehead atoms. The minimum atomic E-state index is 0.0550. The minimum absolute atomic E-state index is 0.0550. The van der Waals surface area contributed by atoms with Gasteiger partial charge in [-0.15, -0.1) is 0 Å². The fourth-order valence-corrected chi connectivity index (χ4v) is 1.06. The zero-order chi connectivity index (χ0) is 8.27. The van der Waals surface area contributed by atoms with Crippen molar-refractivity contribution in [2.24, 2.45) is 5.92 Å². The summed E-state index contributed by atoms with van der Waals surface area (Å²) >= 11 is 0. The Bertz CT molecular complexity index is 143. The van der Waals surface area contributed by atoms with Crippen molar-refractivity contribution in [3.63, 3.8) is 0 Å². The Kier molecular flexibility index (Phi) is 2.74. The van der Waals surface area contributed by atoms with Crippen LogP contribution in [0, 0.1) is 5.92 Å². The van der Waals surface area contributed by atoms with Gasteiger partial charge in [0.15, 0.2) is 0 Å². The first kappa shape index (κ1) is 8.37. The molecular formula is C8H16N2O. The molecule has 1 saturated carbocycles. The maximum Gasteiger partial charge on any atom is 0.317 e. The number of nitrogens with zero attached hydrogens (tertiary/aromatic N) is 1. The third kappa shape index (κ3) is 2.78. The van der Waals surface area contributed by atoms with E-state index in [4.69, 9.17) is 0 Å². The summed E-state index contributed by atoms with van der Waals surface area (Å²) in [5, 5.41) is 2.77. The van der Waals surface area contributed by atoms with Crippen LogP contribution in [-0.4, -0.2) is 31.1 Å². The Morgan fingerprint density at radius 3 is 2.73 bits per heavy atom. The van der Waals surface area contributed by atoms with Crippen molar-refractivity contribution >= 4 is 6.03 Å². The van der Waals surface area contributed by atoms with Crippen LogP contribution in [0.25, 0.3) is 0 Å². The van der Waals surface area contributed by atoms with Crippen molar-refractivity contribution in [3.05, 3.63) is 0 Å². The summed E-state index contributed by atoms with van der Waals surface area (Å²) < 4.78 is 0. The second kappa shape index (κ2) is 3.60. The molecule has 0 heterocycles. The fourth-order valence-electron chi connectivity index (χ4n) is 1.06. The van der Waals surface area contributed by atoms with Gasteiger partial charge in [0, 0.05) is 20.1 Å². The maximum absolute atomic E-state index is 11.1. The molecule has 0 spiro atoms. The molecule has 1 fully saturated rings. The molecule has 0 unspecified atom stereocenters. The highest BCUT2D eigenvalue weighted by molar-refractivity contribution is 5.73. The van der Waals surface area contributed by atoms with E-state index < -0.39 is 0 Å². The topological polar surface area (TPSA) is 32.3 Å². The van der Waals surface area contributed by atoms with Gasteiger partial charge in [0.1, 0.15) is 0 Å². The molecule has 1 rings (SSSR count). The number of urea groups is 1. The monoisotopic (exact) mass is 156 g/mol. The zero-order valence-electron chi connectivity index (χ0n) is 7.26. The van der Waals surface area contributed by atoms with E-state index >= 15 is 0 Å². The SMILES string of the molecule is CCNC(=O)N(C)CC1CC1. The van der Waals surface area contributed by atoms with Crippen molar-refractivity contribution in [2.75, 3.05) is 20.1 Å². The molecule has 0 aromatic heterocycles. The number of rotatable bonds is 3. The highest BCUT2D eigenvalue weighted by Gasteiger charge is 2.24. The van der Waals surface area contributed by atoms with Crippen LogP contribution in [0.5, 0.6) is 0 Å². The number of hydrogen-bond acceptors (Lipinski definition) is 1. The third-order valence-corrected chi connectivity index (χ3v) is 1.90. The third-order valence-electron chi connectivity index (χ3n) is 1.90. The Balaban J connectivity index is 2.15. The van der Waals surface area contributed by atoms with Gasteiger partial charge in [-0.05, 0) is 25.7 Å². The lowest BCUT2D eigenvalue weighted by molar-refractivity contribution is 0.207. The van der Waals surface area contributed by atoms with Crippen molar-refractivity contribution in [2.45, 2.75) is 19.8 Å². The van der Waals surface area contributed by atoms with Gasteiger partial charge < -0.3 is 10.2 Å². The molecule has 0 aliphatic heterocycles. The van der Waals surface area contributed by atoms with Gasteiger partial charge in [-0.1, -0.05) is 0 Å². The Morgan fingerprint density at radius 2 is 2.27 bits per heavy atom. The van der Waals surface area contributed by atoms with Crippen LogP contribution in [0.2, 0.25) is 0 Å². The van der Waals surface area contributed by atoms with Gasteiger partial charge >= 0.3 is 6.03 Å². The van der Waals surface area contributed by atoms with E-state index in [1.165, 1.54) is 12.8 Å². The second-order valence-corrected chi connectivity index (χ2v) is 3.16. The van der Waals surface area contributed by atoms with Gasteiger partial charge in [-0.25, -0.2) is 4.79 Å². The molecule has 3 nitrogen and oxygen atoms in total. The Morgan fingerprint density at radius 1 is 1.64 bits per heavy atom. The Hall–Kier alpha value is -0.730. The van der Waals surface area contributed by atoms with Crippen LogP contribution in [0.15, 0.2) is 0 Å². The molecule has 64 valence electrons. The van der Waals surface area contributed by atoms with Crippen molar-refractivity contribution in [1.82, 2.24) is 10.2 Å². The van der Waals surface area contributed by atoms with E-state index in [1.807, 2.05) is 14.0 Å². The van der Waals surface area contributed by atoms with Crippen molar-refractivity contribution in [1.29, 1.82) is 0 Å². The maximum atomic E-state index is 11.1. The van der Waals surface area contributed by atoms with Crippen LogP contribution >= 0.6 is 0 Å². The lowest BCUT2D eigenvalue weighted by atomic mass is 10.4. The van der Waals surface area contributed by atoms with E-state index in [0.29, 0.717) is 6.54 Å². The number of carbonyl (C=O) groups is 1. The quantitative estimate of drug-likeness (QED) is 0.651. The molecule has 0 aromatic carbocycles. The summed E-state index contributed by atoms with van der Waals surface area (Å²) in [4.78, 5) is 12.9. The normalized spacial score (nSPS) is 16.2. The number of amides is 2. The zero-order valence-corrected chi connectivity index (χ0v) is 7.26. The average molecular weight is 156 g/mol. The summed E-state index contributed by atoms with van der Waals surface area (Å²) in [5.74, 6) is 0.780. The van der Waals surface area contributed by atoms with E-state index in [9.17, 15) is 4.79 Å². The highest BCUT2D eigenvalue weighted by atomic mass is 16.2. The molecule has 0 aromatic rings. The van der Waals surface area contributed by atoms with Crippen LogP contribution in [0.4, 0.5) is 4.79 Å². The van der Waals surface area contributed by atoms with Crippen LogP contribution in [0.1, 0.15) is 19.8 Å². The predicted molar refractivity (Wildman–Crippen MR) is 44.4 cm³/mol. The van der Waals surface area contributed by atoms with Crippen LogP contribution < -0.4 is 5.32 Å². The van der Waals surface area contributed by atoms with Gasteiger partial charge in [-0.2, -0.15) is 0 Å². The molecule has 0 saturated heterocycles. The van der Waals surface area contributed by atoms with Gasteiger partial charge in [0.2, 0.25) is 0 Å². The number of hydrogen-bond donors (Lipinski definition) is 1. The molecule has 0 radical (unpaired) electrons. The van der Waals surface area contributed by atoms with Gasteiger partial charge in [0.05, 0.1) is 0 Å². The van der Waals surface area contributed by atoms with Crippen LogP contribution in [0.3, 0.4) is 0 Å². The summed E-state index contributed by atoms with van der Waals surface area (Å²) in [5.41, 5.74) is 0. The summed E-state index contributed by atoms with van der Waals surface area (Å²) in [6.45, 7) is 3.57. The molecular weight excluding hydrogens is 140 g/mol. The van der Waals surface area contributed by atoms with Gasteiger partial charge in [0.25, 0.3) is 0 Å². The number of carbonyl (C=O) groups excluding carboxylic acids is 1. The summed E-state index contributed by atoms with van der Waals surface area (Å²) in [7, 11) is 1.85. The molecule has 2 amide bonds. The molecule has 1 aliphatic rings. The summed E-state index contributed by atoms with van der Waals surface area (Å²) in [6, 6.07) is 0.0550. The average Bonchev–Trinajstić information content (AvgIpc) is 2.72. The first-order valence-electron chi connectivity index (χ1n) is 4.23. The van der Waals surface area contributed by atoms with Crippen molar-refractivity contribution < 1.29 is 4.79 Å². The Labute approximate surface area is 67.8 Å². The fraction of sp³-hybridized carbons (Fsp3) is 0.875. The lowest BCUT2D eigenvalue weighted by Gasteiger charge is -2.16. The largest absolute Gasteiger partial charge is 0.338 e. The van der Waals surface area contributed by atoms with Gasteiger partial charge in [-0.3, -0.25) is 0 Å². The minimum Gasteiger partial charge on any atom is -0.338 e. The standard InChI is InChI=1S/C8H16N2O/c1-3-9-8(11)10(2)6-7-4-5-7/h7H,3-6H2,1-2H3,(H,9,11). The van der Waals surface area contributed by atoms with E-state index in [-0.39, 0.29) is 6.03 Å². The predicted octanol–water partition coefficient (Wildman–Crippen LogP) is 1.06. The smallest absolute Gasteiger partial charge is 0.317 e. The summed E-state index contributed by atoms with van der Waals surface area (Å²) in [6.07, 6.45) is 2.59. The lowest BCUT2D eigenvalue weighted by Crippen LogP contribution is -2.38. The van der Waals surface area contributed by atoms with E-state index in [2.05, 4.69) is 5.32 Å². The highest BCUT2D eigenvalue weighted by Crippen LogP contribution is 2.29. The first-order valence-corrected chi connectivity index (χ1v) is 4.23. The molecule has 3 heteroatoms. The second-order valence-electron chi connectivity index (χ2n) is 3.16. The molecule has 0 atom stereocenters. The molecule has 11 heavy (non-hydrogen) atoms. The van der Waals surface area contributed by atoms with Crippen LogP contribution in [-0.2, 0) is 0 Å². The first-order chi connectivity index (χ1) is 5.24.